The number of tetrazole rings is 1. The fourth-order valence-electron chi connectivity index (χ4n) is 1.36. The summed E-state index contributed by atoms with van der Waals surface area (Å²) in [6.07, 6.45) is 0. The maximum absolute atomic E-state index is 6.01. The molecule has 78 valence electrons. The zero-order valence-electron chi connectivity index (χ0n) is 7.95. The Bertz CT molecular complexity index is 635. The highest BCUT2D eigenvalue weighted by molar-refractivity contribution is 6.31. The van der Waals surface area contributed by atoms with Crippen molar-refractivity contribution in [2.24, 2.45) is 0 Å². The van der Waals surface area contributed by atoms with Crippen molar-refractivity contribution in [3.8, 4) is 11.3 Å². The Morgan fingerprint density at radius 3 is 2.75 bits per heavy atom. The van der Waals surface area contributed by atoms with Crippen molar-refractivity contribution >= 4 is 17.4 Å². The van der Waals surface area contributed by atoms with Gasteiger partial charge in [0.1, 0.15) is 5.69 Å². The zero-order valence-corrected chi connectivity index (χ0v) is 8.70. The van der Waals surface area contributed by atoms with Crippen LogP contribution in [0.15, 0.2) is 30.3 Å². The molecule has 0 unspecified atom stereocenters. The summed E-state index contributed by atoms with van der Waals surface area (Å²) >= 11 is 6.01. The molecule has 0 radical (unpaired) electrons. The molecule has 0 atom stereocenters. The molecule has 7 heteroatoms. The third-order valence-corrected chi connectivity index (χ3v) is 2.34. The number of fused-ring (bicyclic) bond motifs is 1. The first kappa shape index (κ1) is 9.17. The van der Waals surface area contributed by atoms with Gasteiger partial charge in [0.05, 0.1) is 0 Å². The molecule has 6 nitrogen and oxygen atoms in total. The number of nitrogens with zero attached hydrogens (tertiary/aromatic N) is 6. The summed E-state index contributed by atoms with van der Waals surface area (Å²) in [5, 5.41) is 15.3. The topological polar surface area (TPSA) is 68.9 Å². The standard InChI is InChI=1S/C9H5ClN6/c10-8-7(6-4-2-1-3-5-6)13-16-9(11-8)12-14-15-16/h1-5H. The van der Waals surface area contributed by atoms with E-state index >= 15 is 0 Å². The number of benzene rings is 1. The molecular formula is C9H5ClN6. The van der Waals surface area contributed by atoms with Crippen LogP contribution in [0.1, 0.15) is 0 Å². The third kappa shape index (κ3) is 1.40. The van der Waals surface area contributed by atoms with Crippen molar-refractivity contribution in [3.63, 3.8) is 0 Å². The van der Waals surface area contributed by atoms with Crippen LogP contribution in [0.3, 0.4) is 0 Å². The predicted molar refractivity (Wildman–Crippen MR) is 56.8 cm³/mol. The maximum Gasteiger partial charge on any atom is 0.292 e. The predicted octanol–water partition coefficient (Wildman–Crippen LogP) is 1.23. The average molecular weight is 233 g/mol. The highest BCUT2D eigenvalue weighted by Crippen LogP contribution is 2.22. The van der Waals surface area contributed by atoms with Gasteiger partial charge in [0.25, 0.3) is 5.78 Å². The Morgan fingerprint density at radius 1 is 1.12 bits per heavy atom. The molecule has 2 aromatic heterocycles. The van der Waals surface area contributed by atoms with Crippen LogP contribution in [-0.4, -0.2) is 30.2 Å². The summed E-state index contributed by atoms with van der Waals surface area (Å²) in [5.74, 6) is 0.282. The fourth-order valence-corrected chi connectivity index (χ4v) is 1.58. The molecule has 0 aliphatic carbocycles. The van der Waals surface area contributed by atoms with Crippen LogP contribution in [0.4, 0.5) is 0 Å². The van der Waals surface area contributed by atoms with E-state index < -0.39 is 0 Å². The molecule has 3 rings (SSSR count). The summed E-state index contributed by atoms with van der Waals surface area (Å²) in [6.45, 7) is 0. The normalized spacial score (nSPS) is 10.8. The van der Waals surface area contributed by atoms with Crippen LogP contribution in [-0.2, 0) is 0 Å². The maximum atomic E-state index is 6.01. The smallest absolute Gasteiger partial charge is 0.194 e. The Kier molecular flexibility index (Phi) is 2.00. The fraction of sp³-hybridized carbons (Fsp3) is 0. The van der Waals surface area contributed by atoms with Crippen molar-refractivity contribution in [2.75, 3.05) is 0 Å². The Balaban J connectivity index is 2.27. The second-order valence-electron chi connectivity index (χ2n) is 3.09. The first-order chi connectivity index (χ1) is 7.84. The van der Waals surface area contributed by atoms with Gasteiger partial charge in [-0.05, 0) is 10.4 Å². The minimum Gasteiger partial charge on any atom is -0.194 e. The van der Waals surface area contributed by atoms with Crippen LogP contribution in [0.5, 0.6) is 0 Å². The van der Waals surface area contributed by atoms with E-state index in [1.807, 2.05) is 30.3 Å². The van der Waals surface area contributed by atoms with Crippen molar-refractivity contribution in [2.45, 2.75) is 0 Å². The van der Waals surface area contributed by atoms with Gasteiger partial charge in [0.15, 0.2) is 5.15 Å². The van der Waals surface area contributed by atoms with Gasteiger partial charge in [-0.15, -0.1) is 5.10 Å². The van der Waals surface area contributed by atoms with E-state index in [-0.39, 0.29) is 10.9 Å². The van der Waals surface area contributed by atoms with E-state index in [1.54, 1.807) is 0 Å². The number of hydrogen-bond donors (Lipinski definition) is 0. The molecule has 0 aliphatic heterocycles. The van der Waals surface area contributed by atoms with Crippen molar-refractivity contribution in [1.29, 1.82) is 0 Å². The van der Waals surface area contributed by atoms with E-state index in [0.29, 0.717) is 5.69 Å². The van der Waals surface area contributed by atoms with Gasteiger partial charge in [0.2, 0.25) is 0 Å². The molecule has 0 spiro atoms. The van der Waals surface area contributed by atoms with Crippen molar-refractivity contribution in [1.82, 2.24) is 30.2 Å². The van der Waals surface area contributed by atoms with E-state index in [4.69, 9.17) is 11.6 Å². The molecule has 0 saturated heterocycles. The Hall–Kier alpha value is -2.08. The molecule has 0 amide bonds. The first-order valence-electron chi connectivity index (χ1n) is 4.52. The van der Waals surface area contributed by atoms with Crippen molar-refractivity contribution < 1.29 is 0 Å². The van der Waals surface area contributed by atoms with Gasteiger partial charge < -0.3 is 0 Å². The lowest BCUT2D eigenvalue weighted by atomic mass is 10.2. The average Bonchev–Trinajstić information content (AvgIpc) is 2.76. The van der Waals surface area contributed by atoms with Crippen LogP contribution in [0.2, 0.25) is 5.15 Å². The highest BCUT2D eigenvalue weighted by atomic mass is 35.5. The lowest BCUT2D eigenvalue weighted by Crippen LogP contribution is -2.00. The first-order valence-corrected chi connectivity index (χ1v) is 4.90. The summed E-state index contributed by atoms with van der Waals surface area (Å²) < 4.78 is 1.24. The van der Waals surface area contributed by atoms with Gasteiger partial charge in [-0.25, -0.2) is 0 Å². The van der Waals surface area contributed by atoms with E-state index in [9.17, 15) is 0 Å². The Morgan fingerprint density at radius 2 is 1.94 bits per heavy atom. The highest BCUT2D eigenvalue weighted by Gasteiger charge is 2.10. The monoisotopic (exact) mass is 232 g/mol. The molecule has 0 bridgehead atoms. The lowest BCUT2D eigenvalue weighted by molar-refractivity contribution is 0.729. The van der Waals surface area contributed by atoms with Gasteiger partial charge >= 0.3 is 0 Å². The van der Waals surface area contributed by atoms with Crippen LogP contribution >= 0.6 is 11.6 Å². The van der Waals surface area contributed by atoms with E-state index in [0.717, 1.165) is 5.56 Å². The molecule has 0 saturated carbocycles. The van der Waals surface area contributed by atoms with Crippen molar-refractivity contribution in [3.05, 3.63) is 35.5 Å². The zero-order chi connectivity index (χ0) is 11.0. The molecule has 3 aromatic rings. The second-order valence-corrected chi connectivity index (χ2v) is 3.44. The molecular weight excluding hydrogens is 228 g/mol. The van der Waals surface area contributed by atoms with Gasteiger partial charge in [0, 0.05) is 5.56 Å². The summed E-state index contributed by atoms with van der Waals surface area (Å²) in [6, 6.07) is 9.51. The second kappa shape index (κ2) is 3.49. The minimum absolute atomic E-state index is 0.282. The molecule has 0 N–H and O–H groups in total. The number of rotatable bonds is 1. The van der Waals surface area contributed by atoms with Crippen LogP contribution in [0, 0.1) is 0 Å². The third-order valence-electron chi connectivity index (χ3n) is 2.07. The van der Waals surface area contributed by atoms with Crippen LogP contribution < -0.4 is 0 Å². The number of halogens is 1. The molecule has 16 heavy (non-hydrogen) atoms. The van der Waals surface area contributed by atoms with Gasteiger partial charge in [-0.3, -0.25) is 0 Å². The molecule has 1 aromatic carbocycles. The SMILES string of the molecule is Clc1nc2nnnn2nc1-c1ccccc1. The number of hydrogen-bond acceptors (Lipinski definition) is 5. The molecule has 2 heterocycles. The lowest BCUT2D eigenvalue weighted by Gasteiger charge is -2.01. The van der Waals surface area contributed by atoms with E-state index in [1.165, 1.54) is 4.63 Å². The summed E-state index contributed by atoms with van der Waals surface area (Å²) in [4.78, 5) is 4.04. The molecule has 0 fully saturated rings. The number of aromatic nitrogens is 6. The Labute approximate surface area is 94.9 Å². The molecule has 0 aliphatic rings. The summed E-state index contributed by atoms with van der Waals surface area (Å²) in [7, 11) is 0. The summed E-state index contributed by atoms with van der Waals surface area (Å²) in [5.41, 5.74) is 1.43. The van der Waals surface area contributed by atoms with E-state index in [2.05, 4.69) is 25.6 Å². The largest absolute Gasteiger partial charge is 0.292 e. The minimum atomic E-state index is 0.282. The quantitative estimate of drug-likeness (QED) is 0.631. The van der Waals surface area contributed by atoms with Crippen LogP contribution in [0.25, 0.3) is 17.0 Å². The van der Waals surface area contributed by atoms with Gasteiger partial charge in [-0.2, -0.15) is 4.98 Å². The van der Waals surface area contributed by atoms with Gasteiger partial charge in [-0.1, -0.05) is 51.7 Å².